The highest BCUT2D eigenvalue weighted by Crippen LogP contribution is 2.21. The lowest BCUT2D eigenvalue weighted by Gasteiger charge is -2.34. The molecule has 5 atom stereocenters. The number of carbonyl (C=O) groups excluding carboxylic acids is 3. The maximum atomic E-state index is 13.9. The van der Waals surface area contributed by atoms with Crippen LogP contribution in [0.3, 0.4) is 0 Å². The van der Waals surface area contributed by atoms with Crippen molar-refractivity contribution in [2.24, 2.45) is 11.8 Å². The van der Waals surface area contributed by atoms with Crippen LogP contribution in [0.15, 0.2) is 60.8 Å². The molecule has 2 bridgehead atoms. The van der Waals surface area contributed by atoms with E-state index in [1.807, 2.05) is 101 Å². The summed E-state index contributed by atoms with van der Waals surface area (Å²) in [6, 6.07) is 14.8. The fraction of sp³-hybridized carbons (Fsp3) is 0.452. The van der Waals surface area contributed by atoms with Crippen molar-refractivity contribution in [1.82, 2.24) is 20.9 Å². The molecular weight excluding hydrogens is 492 g/mol. The summed E-state index contributed by atoms with van der Waals surface area (Å²) < 4.78 is 6.35. The highest BCUT2D eigenvalue weighted by Gasteiger charge is 2.38. The highest BCUT2D eigenvalue weighted by atomic mass is 16.5. The molecule has 8 nitrogen and oxygen atoms in total. The van der Waals surface area contributed by atoms with Gasteiger partial charge in [-0.1, -0.05) is 76.6 Å². The first-order valence-electron chi connectivity index (χ1n) is 13.7. The van der Waals surface area contributed by atoms with Crippen LogP contribution in [0.1, 0.15) is 45.2 Å². The Balaban J connectivity index is 1.99. The van der Waals surface area contributed by atoms with Gasteiger partial charge in [-0.05, 0) is 61.7 Å². The second-order valence-electron chi connectivity index (χ2n) is 10.8. The molecule has 0 radical (unpaired) electrons. The Morgan fingerprint density at radius 1 is 1.00 bits per heavy atom. The minimum Gasteiger partial charge on any atom is -0.487 e. The van der Waals surface area contributed by atoms with Crippen LogP contribution in [-0.4, -0.2) is 60.9 Å². The van der Waals surface area contributed by atoms with Crippen molar-refractivity contribution in [2.45, 2.75) is 64.8 Å². The van der Waals surface area contributed by atoms with Crippen molar-refractivity contribution in [3.8, 4) is 5.75 Å². The van der Waals surface area contributed by atoms with Crippen molar-refractivity contribution in [1.29, 1.82) is 0 Å². The summed E-state index contributed by atoms with van der Waals surface area (Å²) in [6.07, 6.45) is 3.85. The molecule has 0 aliphatic carbocycles. The van der Waals surface area contributed by atoms with Crippen molar-refractivity contribution in [2.75, 3.05) is 14.1 Å². The van der Waals surface area contributed by atoms with E-state index >= 15 is 0 Å². The topological polar surface area (TPSA) is 99.8 Å². The van der Waals surface area contributed by atoms with Crippen molar-refractivity contribution >= 4 is 23.8 Å². The van der Waals surface area contributed by atoms with Crippen LogP contribution >= 0.6 is 0 Å². The third-order valence-electron chi connectivity index (χ3n) is 7.21. The van der Waals surface area contributed by atoms with E-state index in [1.165, 1.54) is 0 Å². The maximum Gasteiger partial charge on any atom is 0.247 e. The quantitative estimate of drug-likeness (QED) is 0.482. The smallest absolute Gasteiger partial charge is 0.247 e. The van der Waals surface area contributed by atoms with Crippen LogP contribution in [-0.2, 0) is 20.8 Å². The molecule has 0 fully saturated rings. The molecule has 0 spiro atoms. The number of carbonyl (C=O) groups is 3. The molecule has 2 aliphatic rings. The number of fused-ring (bicyclic) bond motifs is 10. The fourth-order valence-corrected chi connectivity index (χ4v) is 4.55. The monoisotopic (exact) mass is 534 g/mol. The lowest BCUT2D eigenvalue weighted by Crippen LogP contribution is -2.62. The van der Waals surface area contributed by atoms with Crippen LogP contribution in [0.2, 0.25) is 0 Å². The predicted octanol–water partition coefficient (Wildman–Crippen LogP) is 3.38. The van der Waals surface area contributed by atoms with E-state index in [2.05, 4.69) is 16.0 Å². The van der Waals surface area contributed by atoms with Crippen LogP contribution in [0.5, 0.6) is 5.75 Å². The van der Waals surface area contributed by atoms with Gasteiger partial charge in [0.05, 0.1) is 6.04 Å². The van der Waals surface area contributed by atoms with E-state index in [1.54, 1.807) is 12.3 Å². The number of hydrogen-bond acceptors (Lipinski definition) is 5. The van der Waals surface area contributed by atoms with Gasteiger partial charge in [-0.3, -0.25) is 19.3 Å². The SMILES string of the molecule is CCC(C)C1NC(=O)C(NC(=O)C(Cc2ccccc2)N(C)C)C(C(C)C)Oc2ccc(cc2)C=CNC1=O. The number of hydrogen-bond donors (Lipinski definition) is 3. The van der Waals surface area contributed by atoms with Gasteiger partial charge in [-0.2, -0.15) is 0 Å². The lowest BCUT2D eigenvalue weighted by molar-refractivity contribution is -0.136. The number of ether oxygens (including phenoxy) is 1. The molecule has 39 heavy (non-hydrogen) atoms. The molecule has 2 aromatic carbocycles. The zero-order valence-electron chi connectivity index (χ0n) is 23.8. The first kappa shape index (κ1) is 29.9. The number of nitrogens with zero attached hydrogens (tertiary/aromatic N) is 1. The molecule has 0 saturated carbocycles. The van der Waals surface area contributed by atoms with E-state index in [-0.39, 0.29) is 23.7 Å². The van der Waals surface area contributed by atoms with Crippen LogP contribution < -0.4 is 20.7 Å². The van der Waals surface area contributed by atoms with Crippen LogP contribution in [0.25, 0.3) is 6.08 Å². The van der Waals surface area contributed by atoms with Gasteiger partial charge < -0.3 is 20.7 Å². The Morgan fingerprint density at radius 2 is 1.67 bits per heavy atom. The molecule has 3 amide bonds. The van der Waals surface area contributed by atoms with Crippen LogP contribution in [0, 0.1) is 11.8 Å². The average Bonchev–Trinajstić information content (AvgIpc) is 2.92. The second-order valence-corrected chi connectivity index (χ2v) is 10.8. The standard InChI is InChI=1S/C31H42N4O4/c1-7-21(4)26-30(37)32-18-17-22-13-15-24(16-14-22)39-28(20(2)3)27(31(38)33-26)34-29(36)25(35(5)6)19-23-11-9-8-10-12-23/h8-18,20-21,25-28H,7,19H2,1-6H3,(H,32,37)(H,33,38)(H,34,36). The maximum absolute atomic E-state index is 13.9. The minimum absolute atomic E-state index is 0.128. The normalized spacial score (nSPS) is 21.5. The van der Waals surface area contributed by atoms with E-state index in [0.717, 1.165) is 11.1 Å². The number of rotatable bonds is 8. The van der Waals surface area contributed by atoms with Crippen molar-refractivity contribution < 1.29 is 19.1 Å². The van der Waals surface area contributed by atoms with E-state index in [4.69, 9.17) is 4.74 Å². The number of nitrogens with one attached hydrogen (secondary N) is 3. The van der Waals surface area contributed by atoms with Gasteiger partial charge in [0.15, 0.2) is 0 Å². The molecule has 2 heterocycles. The number of likely N-dealkylation sites (N-methyl/N-ethyl adjacent to an activating group) is 1. The third-order valence-corrected chi connectivity index (χ3v) is 7.21. The number of amides is 3. The highest BCUT2D eigenvalue weighted by molar-refractivity contribution is 5.94. The number of benzene rings is 2. The fourth-order valence-electron chi connectivity index (χ4n) is 4.55. The van der Waals surface area contributed by atoms with Gasteiger partial charge >= 0.3 is 0 Å². The summed E-state index contributed by atoms with van der Waals surface area (Å²) >= 11 is 0. The molecule has 0 saturated heterocycles. The summed E-state index contributed by atoms with van der Waals surface area (Å²) in [5.41, 5.74) is 1.91. The summed E-state index contributed by atoms with van der Waals surface area (Å²) in [5, 5.41) is 8.73. The second kappa shape index (κ2) is 13.9. The Hall–Kier alpha value is -3.65. The Kier molecular flexibility index (Phi) is 10.7. The average molecular weight is 535 g/mol. The van der Waals surface area contributed by atoms with Gasteiger partial charge in [-0.25, -0.2) is 0 Å². The van der Waals surface area contributed by atoms with Gasteiger partial charge in [0.2, 0.25) is 17.7 Å². The first-order chi connectivity index (χ1) is 18.6. The largest absolute Gasteiger partial charge is 0.487 e. The lowest BCUT2D eigenvalue weighted by atomic mass is 9.94. The Morgan fingerprint density at radius 3 is 2.26 bits per heavy atom. The zero-order chi connectivity index (χ0) is 28.5. The Labute approximate surface area is 232 Å². The van der Waals surface area contributed by atoms with E-state index in [0.29, 0.717) is 18.6 Å². The van der Waals surface area contributed by atoms with E-state index in [9.17, 15) is 14.4 Å². The van der Waals surface area contributed by atoms with Gasteiger partial charge in [-0.15, -0.1) is 0 Å². The minimum atomic E-state index is -1.03. The molecule has 8 heteroatoms. The molecule has 2 aliphatic heterocycles. The van der Waals surface area contributed by atoms with Gasteiger partial charge in [0.1, 0.15) is 23.9 Å². The van der Waals surface area contributed by atoms with Crippen molar-refractivity contribution in [3.63, 3.8) is 0 Å². The van der Waals surface area contributed by atoms with Crippen LogP contribution in [0.4, 0.5) is 0 Å². The molecule has 210 valence electrons. The first-order valence-corrected chi connectivity index (χ1v) is 13.7. The summed E-state index contributed by atoms with van der Waals surface area (Å²) in [6.45, 7) is 7.78. The summed E-state index contributed by atoms with van der Waals surface area (Å²) in [5.74, 6) is -0.734. The molecule has 2 aromatic rings. The predicted molar refractivity (Wildman–Crippen MR) is 154 cm³/mol. The van der Waals surface area contributed by atoms with Gasteiger partial charge in [0.25, 0.3) is 0 Å². The molecule has 5 unspecified atom stereocenters. The van der Waals surface area contributed by atoms with Gasteiger partial charge in [0, 0.05) is 6.20 Å². The van der Waals surface area contributed by atoms with Crippen molar-refractivity contribution in [3.05, 3.63) is 71.9 Å². The third kappa shape index (κ3) is 8.17. The van der Waals surface area contributed by atoms with E-state index < -0.39 is 30.1 Å². The summed E-state index contributed by atoms with van der Waals surface area (Å²) in [7, 11) is 3.69. The molecule has 0 aromatic heterocycles. The molecular formula is C31H42N4O4. The molecule has 4 rings (SSSR count). The zero-order valence-corrected chi connectivity index (χ0v) is 23.8. The summed E-state index contributed by atoms with van der Waals surface area (Å²) in [4.78, 5) is 42.6. The molecule has 3 N–H and O–H groups in total. The Bertz CT molecular complexity index is 1130.